The van der Waals surface area contributed by atoms with Gasteiger partial charge in [-0.3, -0.25) is 24.5 Å². The predicted octanol–water partition coefficient (Wildman–Crippen LogP) is 6.57. The number of hydrogen-bond donors (Lipinski definition) is 3. The van der Waals surface area contributed by atoms with Crippen molar-refractivity contribution in [1.82, 2.24) is 5.32 Å². The molecule has 0 saturated heterocycles. The van der Waals surface area contributed by atoms with E-state index in [2.05, 4.69) is 16.0 Å². The number of benzene rings is 4. The Labute approximate surface area is 251 Å². The zero-order valence-corrected chi connectivity index (χ0v) is 24.0. The predicted molar refractivity (Wildman–Crippen MR) is 165 cm³/mol. The number of carbonyl (C=O) groups excluding carboxylic acids is 3. The molecule has 0 heterocycles. The van der Waals surface area contributed by atoms with E-state index in [4.69, 9.17) is 0 Å². The lowest BCUT2D eigenvalue weighted by Crippen LogP contribution is -2.30. The Morgan fingerprint density at radius 3 is 2.35 bits per heavy atom. The molecule has 1 unspecified atom stereocenters. The van der Waals surface area contributed by atoms with Crippen molar-refractivity contribution < 1.29 is 23.7 Å². The van der Waals surface area contributed by atoms with Crippen LogP contribution in [0.3, 0.4) is 0 Å². The molecule has 0 spiro atoms. The fourth-order valence-electron chi connectivity index (χ4n) is 3.89. The van der Waals surface area contributed by atoms with E-state index >= 15 is 0 Å². The molecule has 0 aliphatic carbocycles. The van der Waals surface area contributed by atoms with Crippen molar-refractivity contribution in [3.63, 3.8) is 0 Å². The summed E-state index contributed by atoms with van der Waals surface area (Å²) in [5.41, 5.74) is 1.54. The van der Waals surface area contributed by atoms with Crippen LogP contribution in [-0.4, -0.2) is 27.9 Å². The smallest absolute Gasteiger partial charge is 0.272 e. The molecule has 0 saturated carbocycles. The second-order valence-electron chi connectivity index (χ2n) is 9.39. The van der Waals surface area contributed by atoms with E-state index in [-0.39, 0.29) is 22.9 Å². The van der Waals surface area contributed by atoms with Crippen LogP contribution in [0.5, 0.6) is 0 Å². The number of non-ortho nitro benzene ring substituents is 1. The number of nitrogens with zero attached hydrogens (tertiary/aromatic N) is 1. The second kappa shape index (κ2) is 14.1. The number of amides is 3. The third-order valence-corrected chi connectivity index (χ3v) is 7.29. The van der Waals surface area contributed by atoms with Gasteiger partial charge in [-0.15, -0.1) is 11.8 Å². The highest BCUT2D eigenvalue weighted by Crippen LogP contribution is 2.28. The Hall–Kier alpha value is -5.29. The Balaban J connectivity index is 1.49. The molecule has 0 aliphatic rings. The summed E-state index contributed by atoms with van der Waals surface area (Å²) in [5.74, 6) is -2.14. The average Bonchev–Trinajstić information content (AvgIpc) is 2.99. The van der Waals surface area contributed by atoms with Gasteiger partial charge in [-0.2, -0.15) is 0 Å². The zero-order chi connectivity index (χ0) is 30.9. The lowest BCUT2D eigenvalue weighted by Gasteiger charge is -2.15. The van der Waals surface area contributed by atoms with Crippen molar-refractivity contribution in [3.8, 4) is 0 Å². The maximum atomic E-state index is 14.4. The molecule has 218 valence electrons. The lowest BCUT2D eigenvalue weighted by molar-refractivity contribution is -0.384. The highest BCUT2D eigenvalue weighted by atomic mass is 32.2. The summed E-state index contributed by atoms with van der Waals surface area (Å²) in [6.45, 7) is 3.42. The van der Waals surface area contributed by atoms with Crippen LogP contribution in [0.2, 0.25) is 0 Å². The highest BCUT2D eigenvalue weighted by Gasteiger charge is 2.19. The molecule has 4 aromatic rings. The van der Waals surface area contributed by atoms with E-state index in [1.54, 1.807) is 80.6 Å². The molecule has 0 bridgehead atoms. The largest absolute Gasteiger partial charge is 0.325 e. The minimum atomic E-state index is -0.679. The summed E-state index contributed by atoms with van der Waals surface area (Å²) in [6.07, 6.45) is 1.26. The van der Waals surface area contributed by atoms with Gasteiger partial charge in [0.25, 0.3) is 17.5 Å². The van der Waals surface area contributed by atoms with Crippen molar-refractivity contribution in [2.45, 2.75) is 24.0 Å². The first-order chi connectivity index (χ1) is 20.6. The van der Waals surface area contributed by atoms with E-state index in [0.717, 1.165) is 0 Å². The van der Waals surface area contributed by atoms with Crippen LogP contribution in [0, 0.1) is 22.9 Å². The van der Waals surface area contributed by atoms with Crippen LogP contribution < -0.4 is 16.0 Å². The molecule has 0 fully saturated rings. The number of nitrogens with one attached hydrogen (secondary N) is 3. The van der Waals surface area contributed by atoms with Crippen LogP contribution >= 0.6 is 11.8 Å². The van der Waals surface area contributed by atoms with Gasteiger partial charge in [-0.25, -0.2) is 4.39 Å². The number of nitro benzene ring substituents is 1. The highest BCUT2D eigenvalue weighted by molar-refractivity contribution is 8.00. The molecule has 43 heavy (non-hydrogen) atoms. The van der Waals surface area contributed by atoms with Crippen molar-refractivity contribution in [2.24, 2.45) is 0 Å². The van der Waals surface area contributed by atoms with Crippen LogP contribution in [0.15, 0.2) is 108 Å². The third kappa shape index (κ3) is 8.37. The van der Waals surface area contributed by atoms with Crippen molar-refractivity contribution in [2.75, 3.05) is 10.6 Å². The topological polar surface area (TPSA) is 130 Å². The van der Waals surface area contributed by atoms with Gasteiger partial charge in [0.2, 0.25) is 5.91 Å². The summed E-state index contributed by atoms with van der Waals surface area (Å²) >= 11 is 1.22. The minimum absolute atomic E-state index is 0.115. The molecule has 0 aromatic heterocycles. The molecule has 1 atom stereocenters. The monoisotopic (exact) mass is 598 g/mol. The molecular formula is C32H27FN4O5S. The van der Waals surface area contributed by atoms with Crippen molar-refractivity contribution in [1.29, 1.82) is 0 Å². The number of anilines is 2. The van der Waals surface area contributed by atoms with Crippen LogP contribution in [0.25, 0.3) is 6.08 Å². The second-order valence-corrected chi connectivity index (χ2v) is 10.8. The Kier molecular flexibility index (Phi) is 10.0. The van der Waals surface area contributed by atoms with Gasteiger partial charge in [0, 0.05) is 33.8 Å². The maximum absolute atomic E-state index is 14.4. The van der Waals surface area contributed by atoms with E-state index in [9.17, 15) is 28.9 Å². The molecule has 9 nitrogen and oxygen atoms in total. The lowest BCUT2D eigenvalue weighted by atomic mass is 10.1. The number of aryl methyl sites for hydroxylation is 1. The molecule has 0 radical (unpaired) electrons. The minimum Gasteiger partial charge on any atom is -0.325 e. The van der Waals surface area contributed by atoms with Gasteiger partial charge in [0.1, 0.15) is 11.5 Å². The van der Waals surface area contributed by atoms with Gasteiger partial charge < -0.3 is 16.0 Å². The molecule has 0 aliphatic heterocycles. The molecule has 4 aromatic carbocycles. The summed E-state index contributed by atoms with van der Waals surface area (Å²) in [5, 5.41) is 18.6. The zero-order valence-electron chi connectivity index (χ0n) is 23.2. The SMILES string of the molecule is Cc1ccc([N+](=O)[O-])cc1NC(=O)C(C)Sc1cccc(NC(=O)/C(=C/c2ccccc2F)NC(=O)c2ccccc2)c1. The number of hydrogen-bond acceptors (Lipinski definition) is 6. The Morgan fingerprint density at radius 1 is 0.907 bits per heavy atom. The Bertz CT molecular complexity index is 1710. The molecule has 4 rings (SSSR count). The van der Waals surface area contributed by atoms with Gasteiger partial charge >= 0.3 is 0 Å². The molecule has 11 heteroatoms. The molecular weight excluding hydrogens is 571 g/mol. The molecule has 3 N–H and O–H groups in total. The van der Waals surface area contributed by atoms with Crippen molar-refractivity contribution >= 4 is 52.6 Å². The normalized spacial score (nSPS) is 11.7. The van der Waals surface area contributed by atoms with Crippen molar-refractivity contribution in [3.05, 3.63) is 135 Å². The summed E-state index contributed by atoms with van der Waals surface area (Å²) < 4.78 is 14.4. The maximum Gasteiger partial charge on any atom is 0.272 e. The fourth-order valence-corrected chi connectivity index (χ4v) is 4.81. The Morgan fingerprint density at radius 2 is 1.63 bits per heavy atom. The van der Waals surface area contributed by atoms with E-state index in [0.29, 0.717) is 27.4 Å². The average molecular weight is 599 g/mol. The first kappa shape index (κ1) is 30.7. The van der Waals surface area contributed by atoms with Crippen LogP contribution in [0.4, 0.5) is 21.5 Å². The van der Waals surface area contributed by atoms with Gasteiger partial charge in [0.05, 0.1) is 15.9 Å². The first-order valence-corrected chi connectivity index (χ1v) is 14.0. The van der Waals surface area contributed by atoms with Crippen LogP contribution in [-0.2, 0) is 9.59 Å². The summed E-state index contributed by atoms with van der Waals surface area (Å²) in [6, 6.07) is 25.2. The first-order valence-electron chi connectivity index (χ1n) is 13.1. The summed E-state index contributed by atoms with van der Waals surface area (Å²) in [7, 11) is 0. The standard InChI is InChI=1S/C32H27FN4O5S/c1-20-15-16-25(37(41)42)19-28(20)35-30(38)21(2)43-26-13-8-12-24(18-26)34-32(40)29(17-23-11-6-7-14-27(23)33)36-31(39)22-9-4-3-5-10-22/h3-19,21H,1-2H3,(H,34,40)(H,35,38)(H,36,39)/b29-17-. The number of rotatable bonds is 10. The van der Waals surface area contributed by atoms with Gasteiger partial charge in [-0.1, -0.05) is 48.5 Å². The number of halogens is 1. The quantitative estimate of drug-likeness (QED) is 0.0819. The fraction of sp³-hybridized carbons (Fsp3) is 0.0938. The number of thioether (sulfide) groups is 1. The van der Waals surface area contributed by atoms with Gasteiger partial charge in [0.15, 0.2) is 0 Å². The van der Waals surface area contributed by atoms with Gasteiger partial charge in [-0.05, 0) is 61.9 Å². The number of nitro groups is 1. The summed E-state index contributed by atoms with van der Waals surface area (Å²) in [4.78, 5) is 50.3. The van der Waals surface area contributed by atoms with Crippen LogP contribution in [0.1, 0.15) is 28.4 Å². The van der Waals surface area contributed by atoms with E-state index < -0.39 is 27.8 Å². The third-order valence-electron chi connectivity index (χ3n) is 6.20. The molecule has 3 amide bonds. The van der Waals surface area contributed by atoms with E-state index in [1.165, 1.54) is 48.2 Å². The number of carbonyl (C=O) groups is 3. The van der Waals surface area contributed by atoms with E-state index in [1.807, 2.05) is 0 Å².